The average Bonchev–Trinajstić information content (AvgIpc) is 2.90. The number of hydrogen-bond acceptors (Lipinski definition) is 3. The van der Waals surface area contributed by atoms with Crippen LogP contribution in [0, 0.1) is 0 Å². The molecule has 2 atom stereocenters. The topological polar surface area (TPSA) is 58.6 Å². The van der Waals surface area contributed by atoms with Crippen molar-refractivity contribution in [2.45, 2.75) is 32.4 Å². The molecule has 0 bridgehead atoms. The number of fused-ring (bicyclic) bond motifs is 1. The van der Waals surface area contributed by atoms with Crippen molar-refractivity contribution in [3.63, 3.8) is 0 Å². The Morgan fingerprint density at radius 1 is 1.47 bits per heavy atom. The molecule has 1 fully saturated rings. The van der Waals surface area contributed by atoms with Gasteiger partial charge in [-0.3, -0.25) is 4.79 Å². The fraction of sp³-hybridized carbons (Fsp3) is 0.429. The second-order valence-corrected chi connectivity index (χ2v) is 5.11. The second kappa shape index (κ2) is 4.26. The summed E-state index contributed by atoms with van der Waals surface area (Å²) in [5.74, 6) is 0.0629. The van der Waals surface area contributed by atoms with Gasteiger partial charge in [0.1, 0.15) is 6.10 Å². The molecule has 0 saturated carbocycles. The van der Waals surface area contributed by atoms with E-state index < -0.39 is 0 Å². The predicted octanol–water partition coefficient (Wildman–Crippen LogP) is 1.76. The van der Waals surface area contributed by atoms with E-state index in [0.717, 1.165) is 23.2 Å². The van der Waals surface area contributed by atoms with Crippen LogP contribution in [0.15, 0.2) is 18.2 Å². The van der Waals surface area contributed by atoms with Gasteiger partial charge < -0.3 is 15.0 Å². The van der Waals surface area contributed by atoms with E-state index in [9.17, 15) is 9.59 Å². The molecule has 5 nitrogen and oxygen atoms in total. The van der Waals surface area contributed by atoms with Crippen molar-refractivity contribution in [3.05, 3.63) is 29.3 Å². The molecule has 19 heavy (non-hydrogen) atoms. The van der Waals surface area contributed by atoms with E-state index in [2.05, 4.69) is 5.32 Å². The van der Waals surface area contributed by atoms with Gasteiger partial charge in [0.15, 0.2) is 0 Å². The molecule has 2 unspecified atom stereocenters. The molecular formula is C14H16N2O3. The van der Waals surface area contributed by atoms with E-state index in [-0.39, 0.29) is 24.1 Å². The van der Waals surface area contributed by atoms with E-state index in [1.165, 1.54) is 0 Å². The maximum Gasteiger partial charge on any atom is 0.407 e. The van der Waals surface area contributed by atoms with Gasteiger partial charge in [-0.15, -0.1) is 0 Å². The minimum absolute atomic E-state index is 0.0629. The zero-order valence-electron chi connectivity index (χ0n) is 11.0. The van der Waals surface area contributed by atoms with Crippen LogP contribution in [-0.4, -0.2) is 24.6 Å². The van der Waals surface area contributed by atoms with Crippen LogP contribution in [0.25, 0.3) is 0 Å². The number of nitrogens with zero attached hydrogens (tertiary/aromatic N) is 1. The first kappa shape index (κ1) is 12.0. The summed E-state index contributed by atoms with van der Waals surface area (Å²) in [7, 11) is 0. The third kappa shape index (κ3) is 1.95. The molecule has 0 aromatic heterocycles. The zero-order valence-corrected chi connectivity index (χ0v) is 11.0. The number of carbonyl (C=O) groups is 2. The van der Waals surface area contributed by atoms with Gasteiger partial charge in [0.2, 0.25) is 5.91 Å². The number of amides is 2. The van der Waals surface area contributed by atoms with Gasteiger partial charge in [0.25, 0.3) is 0 Å². The summed E-state index contributed by atoms with van der Waals surface area (Å²) in [6.07, 6.45) is 0.250. The highest BCUT2D eigenvalue weighted by atomic mass is 16.6. The fourth-order valence-electron chi connectivity index (χ4n) is 2.91. The summed E-state index contributed by atoms with van der Waals surface area (Å²) in [6.45, 7) is 4.13. The molecule has 0 radical (unpaired) electrons. The molecule has 2 aliphatic heterocycles. The first-order valence-electron chi connectivity index (χ1n) is 6.43. The van der Waals surface area contributed by atoms with Gasteiger partial charge >= 0.3 is 6.09 Å². The van der Waals surface area contributed by atoms with Crippen LogP contribution in [0.4, 0.5) is 10.5 Å². The minimum atomic E-state index is -0.371. The standard InChI is InChI=1S/C14H16N2O3/c1-8-5-11-6-10(13-7-15-14(18)19-13)3-4-12(11)16(8)9(2)17/h3-4,6,8,13H,5,7H2,1-2H3,(H,15,18). The lowest BCUT2D eigenvalue weighted by atomic mass is 10.0. The van der Waals surface area contributed by atoms with Crippen LogP contribution in [0.5, 0.6) is 0 Å². The van der Waals surface area contributed by atoms with E-state index in [1.54, 1.807) is 6.92 Å². The van der Waals surface area contributed by atoms with Crippen LogP contribution in [-0.2, 0) is 16.0 Å². The fourth-order valence-corrected chi connectivity index (χ4v) is 2.91. The number of rotatable bonds is 1. The summed E-state index contributed by atoms with van der Waals surface area (Å²) in [5.41, 5.74) is 3.10. The number of ether oxygens (including phenoxy) is 1. The smallest absolute Gasteiger partial charge is 0.407 e. The highest BCUT2D eigenvalue weighted by Gasteiger charge is 2.31. The average molecular weight is 260 g/mol. The molecule has 5 heteroatoms. The van der Waals surface area contributed by atoms with Gasteiger partial charge in [0.05, 0.1) is 6.54 Å². The Bertz CT molecular complexity index is 556. The third-order valence-corrected chi connectivity index (χ3v) is 3.71. The molecule has 1 aromatic carbocycles. The number of cyclic esters (lactones) is 1. The normalized spacial score (nSPS) is 24.9. The highest BCUT2D eigenvalue weighted by Crippen LogP contribution is 2.35. The molecule has 1 N–H and O–H groups in total. The lowest BCUT2D eigenvalue weighted by Crippen LogP contribution is -2.33. The van der Waals surface area contributed by atoms with Crippen molar-refractivity contribution in [2.75, 3.05) is 11.4 Å². The van der Waals surface area contributed by atoms with Crippen molar-refractivity contribution < 1.29 is 14.3 Å². The van der Waals surface area contributed by atoms with E-state index >= 15 is 0 Å². The quantitative estimate of drug-likeness (QED) is 0.837. The molecular weight excluding hydrogens is 244 g/mol. The van der Waals surface area contributed by atoms with E-state index in [1.807, 2.05) is 30.0 Å². The number of anilines is 1. The van der Waals surface area contributed by atoms with Gasteiger partial charge in [-0.2, -0.15) is 0 Å². The van der Waals surface area contributed by atoms with E-state index in [4.69, 9.17) is 4.74 Å². The van der Waals surface area contributed by atoms with Crippen LogP contribution < -0.4 is 10.2 Å². The predicted molar refractivity (Wildman–Crippen MR) is 70.0 cm³/mol. The molecule has 2 amide bonds. The Labute approximate surface area is 111 Å². The van der Waals surface area contributed by atoms with Gasteiger partial charge in [-0.05, 0) is 36.6 Å². The Balaban J connectivity index is 1.92. The van der Waals surface area contributed by atoms with Crippen LogP contribution in [0.3, 0.4) is 0 Å². The third-order valence-electron chi connectivity index (χ3n) is 3.71. The molecule has 0 spiro atoms. The minimum Gasteiger partial charge on any atom is -0.439 e. The molecule has 0 aliphatic carbocycles. The molecule has 1 aromatic rings. The lowest BCUT2D eigenvalue weighted by molar-refractivity contribution is -0.116. The maximum absolute atomic E-state index is 11.6. The second-order valence-electron chi connectivity index (χ2n) is 5.11. The molecule has 1 saturated heterocycles. The van der Waals surface area contributed by atoms with Gasteiger partial charge in [-0.1, -0.05) is 6.07 Å². The molecule has 2 heterocycles. The molecule has 3 rings (SSSR count). The highest BCUT2D eigenvalue weighted by molar-refractivity contribution is 5.94. The summed E-state index contributed by atoms with van der Waals surface area (Å²) < 4.78 is 5.18. The van der Waals surface area contributed by atoms with Crippen molar-refractivity contribution in [2.24, 2.45) is 0 Å². The van der Waals surface area contributed by atoms with E-state index in [0.29, 0.717) is 6.54 Å². The van der Waals surface area contributed by atoms with Crippen molar-refractivity contribution in [1.29, 1.82) is 0 Å². The lowest BCUT2D eigenvalue weighted by Gasteiger charge is -2.20. The van der Waals surface area contributed by atoms with Crippen molar-refractivity contribution in [3.8, 4) is 0 Å². The summed E-state index contributed by atoms with van der Waals surface area (Å²) in [5, 5.41) is 2.65. The molecule has 2 aliphatic rings. The Kier molecular flexibility index (Phi) is 2.69. The summed E-state index contributed by atoms with van der Waals surface area (Å²) in [6, 6.07) is 6.10. The number of nitrogens with one attached hydrogen (secondary N) is 1. The maximum atomic E-state index is 11.6. The molecule has 100 valence electrons. The Morgan fingerprint density at radius 2 is 2.26 bits per heavy atom. The zero-order chi connectivity index (χ0) is 13.6. The van der Waals surface area contributed by atoms with Crippen molar-refractivity contribution in [1.82, 2.24) is 5.32 Å². The SMILES string of the molecule is CC(=O)N1c2ccc(C3CNC(=O)O3)cc2CC1C. The number of benzene rings is 1. The van der Waals surface area contributed by atoms with Gasteiger partial charge in [-0.25, -0.2) is 4.79 Å². The number of hydrogen-bond donors (Lipinski definition) is 1. The monoisotopic (exact) mass is 260 g/mol. The van der Waals surface area contributed by atoms with Crippen LogP contribution in [0.1, 0.15) is 31.1 Å². The van der Waals surface area contributed by atoms with Crippen LogP contribution >= 0.6 is 0 Å². The van der Waals surface area contributed by atoms with Crippen molar-refractivity contribution >= 4 is 17.7 Å². The summed E-state index contributed by atoms with van der Waals surface area (Å²) in [4.78, 5) is 24.5. The number of carbonyl (C=O) groups excluding carboxylic acids is 2. The van der Waals surface area contributed by atoms with Gasteiger partial charge in [0, 0.05) is 18.7 Å². The first-order chi connectivity index (χ1) is 9.06. The first-order valence-corrected chi connectivity index (χ1v) is 6.43. The van der Waals surface area contributed by atoms with Crippen LogP contribution in [0.2, 0.25) is 0 Å². The Morgan fingerprint density at radius 3 is 2.89 bits per heavy atom. The largest absolute Gasteiger partial charge is 0.439 e. The summed E-state index contributed by atoms with van der Waals surface area (Å²) >= 11 is 0. The number of alkyl carbamates (subject to hydrolysis) is 1. The Hall–Kier alpha value is -2.04.